The smallest absolute Gasteiger partial charge is 0.236 e. The number of nitrogens with one attached hydrogen (secondary N) is 1. The Hall–Kier alpha value is -3.68. The molecule has 0 atom stereocenters. The minimum Gasteiger partial charge on any atom is -0.310 e. The summed E-state index contributed by atoms with van der Waals surface area (Å²) in [6.45, 7) is 3.64. The number of thioether (sulfide) groups is 1. The minimum atomic E-state index is -0.374. The first-order chi connectivity index (χ1) is 15.9. The van der Waals surface area contributed by atoms with Gasteiger partial charge in [0.1, 0.15) is 17.7 Å². The molecule has 4 rings (SSSR count). The lowest BCUT2D eigenvalue weighted by molar-refractivity contribution is -0.113. The fourth-order valence-electron chi connectivity index (χ4n) is 3.29. The van der Waals surface area contributed by atoms with Gasteiger partial charge in [0.2, 0.25) is 11.1 Å². The minimum absolute atomic E-state index is 0.00548. The zero-order valence-electron chi connectivity index (χ0n) is 17.6. The topological polar surface area (TPSA) is 101 Å². The lowest BCUT2D eigenvalue weighted by atomic mass is 10.2. The van der Waals surface area contributed by atoms with Crippen LogP contribution in [-0.4, -0.2) is 36.4 Å². The molecule has 2 heterocycles. The summed E-state index contributed by atoms with van der Waals surface area (Å²) in [6, 6.07) is 15.0. The van der Waals surface area contributed by atoms with Crippen molar-refractivity contribution in [3.05, 3.63) is 76.2 Å². The van der Waals surface area contributed by atoms with Crippen molar-refractivity contribution >= 4 is 35.1 Å². The van der Waals surface area contributed by atoms with Crippen LogP contribution in [-0.2, 0) is 4.79 Å². The number of aromatic nitrogens is 5. The van der Waals surface area contributed by atoms with Gasteiger partial charge in [0.25, 0.3) is 0 Å². The van der Waals surface area contributed by atoms with E-state index in [2.05, 4.69) is 26.9 Å². The first-order valence-electron chi connectivity index (χ1n) is 9.74. The third kappa shape index (κ3) is 4.60. The zero-order chi connectivity index (χ0) is 23.5. The van der Waals surface area contributed by atoms with Crippen LogP contribution in [0.2, 0.25) is 5.02 Å². The number of tetrazole rings is 1. The number of anilines is 1. The lowest BCUT2D eigenvalue weighted by Gasteiger charge is -2.13. The van der Waals surface area contributed by atoms with Gasteiger partial charge in [0.15, 0.2) is 0 Å². The van der Waals surface area contributed by atoms with E-state index in [0.717, 1.165) is 23.0 Å². The van der Waals surface area contributed by atoms with Crippen molar-refractivity contribution in [3.63, 3.8) is 0 Å². The van der Waals surface area contributed by atoms with Gasteiger partial charge in [0, 0.05) is 16.4 Å². The summed E-state index contributed by atoms with van der Waals surface area (Å²) in [7, 11) is 0. The van der Waals surface area contributed by atoms with Gasteiger partial charge in [0.05, 0.1) is 17.0 Å². The Morgan fingerprint density at radius 2 is 1.82 bits per heavy atom. The molecule has 0 spiro atoms. The van der Waals surface area contributed by atoms with Crippen molar-refractivity contribution in [2.45, 2.75) is 19.0 Å². The molecule has 166 valence electrons. The van der Waals surface area contributed by atoms with Gasteiger partial charge in [-0.05, 0) is 78.4 Å². The molecule has 11 heteroatoms. The quantitative estimate of drug-likeness (QED) is 0.408. The molecule has 0 bridgehead atoms. The second kappa shape index (κ2) is 9.44. The highest BCUT2D eigenvalue weighted by Gasteiger charge is 2.21. The fraction of sp³-hybridized carbons (Fsp3) is 0.136. The van der Waals surface area contributed by atoms with Gasteiger partial charge in [-0.25, -0.2) is 4.39 Å². The van der Waals surface area contributed by atoms with E-state index < -0.39 is 0 Å². The van der Waals surface area contributed by atoms with Gasteiger partial charge in [-0.15, -0.1) is 5.10 Å². The van der Waals surface area contributed by atoms with Crippen LogP contribution in [0.15, 0.2) is 53.7 Å². The molecule has 0 saturated carbocycles. The van der Waals surface area contributed by atoms with Crippen LogP contribution in [0.25, 0.3) is 11.4 Å². The fourth-order valence-corrected chi connectivity index (χ4v) is 4.10. The number of halogens is 2. The SMILES string of the molecule is Cc1c(C#N)c(NC(=O)CSc2nnnn2-c2ccc(Cl)cc2)n(-c2ccc(F)cc2)c1C. The second-order valence-corrected chi connectivity index (χ2v) is 8.42. The van der Waals surface area contributed by atoms with E-state index in [1.165, 1.54) is 16.8 Å². The molecule has 0 aliphatic carbocycles. The largest absolute Gasteiger partial charge is 0.310 e. The van der Waals surface area contributed by atoms with Crippen LogP contribution in [0, 0.1) is 31.0 Å². The number of rotatable bonds is 6. The maximum absolute atomic E-state index is 13.4. The Kier molecular flexibility index (Phi) is 6.44. The number of carbonyl (C=O) groups excluding carboxylic acids is 1. The monoisotopic (exact) mass is 481 g/mol. The van der Waals surface area contributed by atoms with E-state index in [-0.39, 0.29) is 17.5 Å². The van der Waals surface area contributed by atoms with Crippen molar-refractivity contribution in [3.8, 4) is 17.4 Å². The highest BCUT2D eigenvalue weighted by atomic mass is 35.5. The summed E-state index contributed by atoms with van der Waals surface area (Å²) in [4.78, 5) is 12.8. The number of benzene rings is 2. The predicted molar refractivity (Wildman–Crippen MR) is 123 cm³/mol. The molecule has 0 saturated heterocycles. The molecule has 0 unspecified atom stereocenters. The Balaban J connectivity index is 1.56. The maximum atomic E-state index is 13.4. The van der Waals surface area contributed by atoms with Crippen LogP contribution >= 0.6 is 23.4 Å². The number of amides is 1. The number of hydrogen-bond donors (Lipinski definition) is 1. The highest BCUT2D eigenvalue weighted by molar-refractivity contribution is 7.99. The summed E-state index contributed by atoms with van der Waals surface area (Å²) < 4.78 is 16.6. The molecule has 8 nitrogen and oxygen atoms in total. The molecule has 0 aliphatic heterocycles. The molecular weight excluding hydrogens is 465 g/mol. The third-order valence-corrected chi connectivity index (χ3v) is 6.18. The summed E-state index contributed by atoms with van der Waals surface area (Å²) >= 11 is 7.08. The van der Waals surface area contributed by atoms with Gasteiger partial charge in [-0.1, -0.05) is 23.4 Å². The van der Waals surface area contributed by atoms with Crippen LogP contribution < -0.4 is 5.32 Å². The molecule has 33 heavy (non-hydrogen) atoms. The zero-order valence-corrected chi connectivity index (χ0v) is 19.2. The summed E-state index contributed by atoms with van der Waals surface area (Å²) in [5.41, 5.74) is 3.19. The summed E-state index contributed by atoms with van der Waals surface area (Å²) in [5, 5.41) is 25.1. The number of carbonyl (C=O) groups is 1. The molecule has 0 fully saturated rings. The van der Waals surface area contributed by atoms with Crippen molar-refractivity contribution < 1.29 is 9.18 Å². The predicted octanol–water partition coefficient (Wildman–Crippen LogP) is 4.46. The van der Waals surface area contributed by atoms with Crippen LogP contribution in [0.3, 0.4) is 0 Å². The summed E-state index contributed by atoms with van der Waals surface area (Å²) in [5.74, 6) is -0.378. The lowest BCUT2D eigenvalue weighted by Crippen LogP contribution is -2.18. The first-order valence-corrected chi connectivity index (χ1v) is 11.1. The standard InChI is InChI=1S/C22H17ClFN7OS/c1-13-14(2)30(17-9-5-16(24)6-10-17)21(19(13)11-25)26-20(32)12-33-22-27-28-29-31(22)18-7-3-15(23)4-8-18/h3-10H,12H2,1-2H3,(H,26,32). The van der Waals surface area contributed by atoms with E-state index >= 15 is 0 Å². The Morgan fingerprint density at radius 3 is 2.48 bits per heavy atom. The maximum Gasteiger partial charge on any atom is 0.236 e. The van der Waals surface area contributed by atoms with E-state index in [1.54, 1.807) is 47.9 Å². The van der Waals surface area contributed by atoms with Crippen molar-refractivity contribution in [2.24, 2.45) is 0 Å². The van der Waals surface area contributed by atoms with Crippen molar-refractivity contribution in [2.75, 3.05) is 11.1 Å². The molecule has 1 N–H and O–H groups in total. The van der Waals surface area contributed by atoms with Gasteiger partial charge < -0.3 is 5.32 Å². The van der Waals surface area contributed by atoms with Crippen molar-refractivity contribution in [1.29, 1.82) is 5.26 Å². The molecular formula is C22H17ClFN7OS. The molecule has 0 radical (unpaired) electrons. The Bertz CT molecular complexity index is 1360. The molecule has 2 aromatic heterocycles. The average molecular weight is 482 g/mol. The average Bonchev–Trinajstić information content (AvgIpc) is 3.36. The van der Waals surface area contributed by atoms with Gasteiger partial charge >= 0.3 is 0 Å². The number of nitrogens with zero attached hydrogens (tertiary/aromatic N) is 6. The van der Waals surface area contributed by atoms with Gasteiger partial charge in [-0.2, -0.15) is 9.94 Å². The van der Waals surface area contributed by atoms with Crippen molar-refractivity contribution in [1.82, 2.24) is 24.8 Å². The number of nitriles is 1. The van der Waals surface area contributed by atoms with E-state index in [9.17, 15) is 14.4 Å². The van der Waals surface area contributed by atoms with E-state index in [0.29, 0.717) is 32.9 Å². The Labute approximate surface area is 198 Å². The first kappa shape index (κ1) is 22.5. The van der Waals surface area contributed by atoms with Crippen LogP contribution in [0.5, 0.6) is 0 Å². The number of hydrogen-bond acceptors (Lipinski definition) is 6. The summed E-state index contributed by atoms with van der Waals surface area (Å²) in [6.07, 6.45) is 0. The van der Waals surface area contributed by atoms with Gasteiger partial charge in [-0.3, -0.25) is 9.36 Å². The molecule has 0 aliphatic rings. The highest BCUT2D eigenvalue weighted by Crippen LogP contribution is 2.30. The van der Waals surface area contributed by atoms with Crippen LogP contribution in [0.1, 0.15) is 16.8 Å². The Morgan fingerprint density at radius 1 is 1.15 bits per heavy atom. The van der Waals surface area contributed by atoms with Crippen LogP contribution in [0.4, 0.5) is 10.2 Å². The van der Waals surface area contributed by atoms with E-state index in [1.807, 2.05) is 6.92 Å². The second-order valence-electron chi connectivity index (χ2n) is 7.04. The third-order valence-electron chi connectivity index (χ3n) is 5.01. The normalized spacial score (nSPS) is 10.8. The molecule has 4 aromatic rings. The molecule has 1 amide bonds. The molecule has 2 aromatic carbocycles. The van der Waals surface area contributed by atoms with E-state index in [4.69, 9.17) is 11.6 Å².